The van der Waals surface area contributed by atoms with Crippen LogP contribution in [0.4, 0.5) is 0 Å². The molecule has 1 fully saturated rings. The molecule has 0 bridgehead atoms. The third kappa shape index (κ3) is 4.20. The second-order valence-electron chi connectivity index (χ2n) is 7.86. The Bertz CT molecular complexity index is 835. The molecule has 138 valence electrons. The minimum atomic E-state index is -0.0469. The van der Waals surface area contributed by atoms with E-state index in [-0.39, 0.29) is 11.4 Å². The molecule has 3 nitrogen and oxygen atoms in total. The molecule has 0 heterocycles. The molecule has 0 saturated heterocycles. The maximum atomic E-state index is 13.0. The molecule has 1 aromatic rings. The SMILES string of the molecule is CC1CCCCC(/C=C2\C(=O)c3ccccc3C2=C(C#N)C#N)CCCC1. The minimum Gasteiger partial charge on any atom is -0.289 e. The monoisotopic (exact) mass is 358 g/mol. The molecule has 1 aromatic carbocycles. The van der Waals surface area contributed by atoms with Crippen LogP contribution in [0.15, 0.2) is 41.5 Å². The van der Waals surface area contributed by atoms with E-state index in [0.717, 1.165) is 24.3 Å². The molecular weight excluding hydrogens is 332 g/mol. The number of Topliss-reactive ketones (excluding diaryl/α,β-unsaturated/α-hetero) is 1. The Balaban J connectivity index is 1.96. The van der Waals surface area contributed by atoms with Crippen molar-refractivity contribution in [2.24, 2.45) is 11.8 Å². The summed E-state index contributed by atoms with van der Waals surface area (Å²) < 4.78 is 0. The lowest BCUT2D eigenvalue weighted by Gasteiger charge is -2.18. The highest BCUT2D eigenvalue weighted by Gasteiger charge is 2.32. The molecular formula is C24H26N2O. The van der Waals surface area contributed by atoms with Crippen molar-refractivity contribution >= 4 is 11.4 Å². The van der Waals surface area contributed by atoms with Gasteiger partial charge in [0.1, 0.15) is 17.7 Å². The summed E-state index contributed by atoms with van der Waals surface area (Å²) >= 11 is 0. The van der Waals surface area contributed by atoms with Crippen molar-refractivity contribution in [3.63, 3.8) is 0 Å². The molecule has 0 amide bonds. The number of carbonyl (C=O) groups is 1. The van der Waals surface area contributed by atoms with Gasteiger partial charge in [-0.2, -0.15) is 10.5 Å². The molecule has 0 radical (unpaired) electrons. The number of benzene rings is 1. The summed E-state index contributed by atoms with van der Waals surface area (Å²) in [5.41, 5.74) is 2.46. The first kappa shape index (κ1) is 19.1. The molecule has 0 atom stereocenters. The average Bonchev–Trinajstić information content (AvgIpc) is 2.96. The van der Waals surface area contributed by atoms with E-state index in [0.29, 0.717) is 22.6 Å². The molecule has 0 N–H and O–H groups in total. The second kappa shape index (κ2) is 8.83. The number of nitriles is 2. The first-order valence-corrected chi connectivity index (χ1v) is 10.1. The third-order valence-electron chi connectivity index (χ3n) is 5.87. The van der Waals surface area contributed by atoms with E-state index in [4.69, 9.17) is 0 Å². The summed E-state index contributed by atoms with van der Waals surface area (Å²) in [6.07, 6.45) is 11.6. The normalized spacial score (nSPS) is 24.8. The van der Waals surface area contributed by atoms with Crippen LogP contribution in [0.3, 0.4) is 0 Å². The van der Waals surface area contributed by atoms with E-state index in [9.17, 15) is 15.3 Å². The van der Waals surface area contributed by atoms with Crippen molar-refractivity contribution < 1.29 is 4.79 Å². The second-order valence-corrected chi connectivity index (χ2v) is 7.86. The Morgan fingerprint density at radius 1 is 0.963 bits per heavy atom. The van der Waals surface area contributed by atoms with Gasteiger partial charge in [0.25, 0.3) is 0 Å². The average molecular weight is 358 g/mol. The maximum Gasteiger partial charge on any atom is 0.194 e. The van der Waals surface area contributed by atoms with Gasteiger partial charge in [0.05, 0.1) is 0 Å². The Labute approximate surface area is 162 Å². The van der Waals surface area contributed by atoms with Crippen LogP contribution in [0.2, 0.25) is 0 Å². The topological polar surface area (TPSA) is 64.7 Å². The quantitative estimate of drug-likeness (QED) is 0.457. The predicted molar refractivity (Wildman–Crippen MR) is 107 cm³/mol. The van der Waals surface area contributed by atoms with Crippen LogP contribution < -0.4 is 0 Å². The summed E-state index contributed by atoms with van der Waals surface area (Å²) in [6, 6.07) is 11.3. The maximum absolute atomic E-state index is 13.0. The molecule has 2 aliphatic rings. The molecule has 3 rings (SSSR count). The van der Waals surface area contributed by atoms with Gasteiger partial charge in [-0.05, 0) is 30.2 Å². The summed E-state index contributed by atoms with van der Waals surface area (Å²) in [5.74, 6) is 1.10. The number of hydrogen-bond donors (Lipinski definition) is 0. The molecule has 3 heteroatoms. The molecule has 0 spiro atoms. The highest BCUT2D eigenvalue weighted by Crippen LogP contribution is 2.40. The number of nitrogens with zero attached hydrogens (tertiary/aromatic N) is 2. The molecule has 27 heavy (non-hydrogen) atoms. The van der Waals surface area contributed by atoms with Crippen molar-refractivity contribution in [2.45, 2.75) is 58.3 Å². The van der Waals surface area contributed by atoms with Gasteiger partial charge >= 0.3 is 0 Å². The zero-order valence-electron chi connectivity index (χ0n) is 16.0. The fourth-order valence-corrected chi connectivity index (χ4v) is 4.36. The van der Waals surface area contributed by atoms with Gasteiger partial charge in [-0.15, -0.1) is 0 Å². The first-order valence-electron chi connectivity index (χ1n) is 10.1. The zero-order valence-corrected chi connectivity index (χ0v) is 16.0. The van der Waals surface area contributed by atoms with Gasteiger partial charge in [-0.25, -0.2) is 0 Å². The van der Waals surface area contributed by atoms with Crippen molar-refractivity contribution in [2.75, 3.05) is 0 Å². The van der Waals surface area contributed by atoms with E-state index in [1.807, 2.05) is 30.3 Å². The van der Waals surface area contributed by atoms with Crippen molar-refractivity contribution in [1.29, 1.82) is 10.5 Å². The van der Waals surface area contributed by atoms with Crippen LogP contribution >= 0.6 is 0 Å². The summed E-state index contributed by atoms with van der Waals surface area (Å²) in [6.45, 7) is 2.35. The number of rotatable bonds is 1. The van der Waals surface area contributed by atoms with Crippen molar-refractivity contribution in [3.8, 4) is 12.1 Å². The smallest absolute Gasteiger partial charge is 0.194 e. The van der Waals surface area contributed by atoms with Crippen molar-refractivity contribution in [1.82, 2.24) is 0 Å². The molecule has 1 saturated carbocycles. The highest BCUT2D eigenvalue weighted by molar-refractivity contribution is 6.27. The highest BCUT2D eigenvalue weighted by atomic mass is 16.1. The molecule has 0 unspecified atom stereocenters. The number of hydrogen-bond acceptors (Lipinski definition) is 3. The fraction of sp³-hybridized carbons (Fsp3) is 0.458. The first-order chi connectivity index (χ1) is 13.2. The van der Waals surface area contributed by atoms with Crippen molar-refractivity contribution in [3.05, 3.63) is 52.6 Å². The van der Waals surface area contributed by atoms with Gasteiger partial charge in [0.15, 0.2) is 5.78 Å². The predicted octanol–water partition coefficient (Wildman–Crippen LogP) is 6.00. The van der Waals surface area contributed by atoms with Gasteiger partial charge in [0.2, 0.25) is 0 Å². The standard InChI is InChI=1S/C24H26N2O/c1-17-8-2-4-10-18(11-5-3-9-17)14-22-23(19(15-25)16-26)20-12-6-7-13-21(20)24(22)27/h6-7,12-14,17-18H,2-5,8-11H2,1H3/b22-14-. The van der Waals surface area contributed by atoms with Crippen LogP contribution in [-0.2, 0) is 0 Å². The van der Waals surface area contributed by atoms with Gasteiger partial charge in [0, 0.05) is 16.7 Å². The summed E-state index contributed by atoms with van der Waals surface area (Å²) in [4.78, 5) is 13.0. The van der Waals surface area contributed by atoms with Crippen LogP contribution in [0.1, 0.15) is 74.2 Å². The lowest BCUT2D eigenvalue weighted by atomic mass is 9.86. The molecule has 0 aromatic heterocycles. The Hall–Kier alpha value is -2.65. The van der Waals surface area contributed by atoms with Gasteiger partial charge in [-0.3, -0.25) is 4.79 Å². The number of carbonyl (C=O) groups excluding carboxylic acids is 1. The molecule has 2 aliphatic carbocycles. The largest absolute Gasteiger partial charge is 0.289 e. The lowest BCUT2D eigenvalue weighted by molar-refractivity contribution is 0.104. The molecule has 0 aliphatic heterocycles. The minimum absolute atomic E-state index is 0.0354. The van der Waals surface area contributed by atoms with E-state index >= 15 is 0 Å². The van der Waals surface area contributed by atoms with E-state index < -0.39 is 0 Å². The fourth-order valence-electron chi connectivity index (χ4n) is 4.36. The van der Waals surface area contributed by atoms with Crippen LogP contribution in [-0.4, -0.2) is 5.78 Å². The van der Waals surface area contributed by atoms with E-state index in [2.05, 4.69) is 13.0 Å². The number of fused-ring (bicyclic) bond motifs is 1. The van der Waals surface area contributed by atoms with Crippen LogP contribution in [0, 0.1) is 34.5 Å². The third-order valence-corrected chi connectivity index (χ3v) is 5.87. The summed E-state index contributed by atoms with van der Waals surface area (Å²) in [7, 11) is 0. The van der Waals surface area contributed by atoms with E-state index in [1.165, 1.54) is 38.5 Å². The Morgan fingerprint density at radius 3 is 2.11 bits per heavy atom. The zero-order chi connectivity index (χ0) is 19.2. The summed E-state index contributed by atoms with van der Waals surface area (Å²) in [5, 5.41) is 18.9. The van der Waals surface area contributed by atoms with E-state index in [1.54, 1.807) is 6.07 Å². The number of allylic oxidation sites excluding steroid dienone is 4. The Morgan fingerprint density at radius 2 is 1.52 bits per heavy atom. The Kier molecular flexibility index (Phi) is 6.25. The van der Waals surface area contributed by atoms with Gasteiger partial charge < -0.3 is 0 Å². The number of ketones is 1. The van der Waals surface area contributed by atoms with Gasteiger partial charge in [-0.1, -0.05) is 75.8 Å². The van der Waals surface area contributed by atoms with Crippen LogP contribution in [0.25, 0.3) is 5.57 Å². The van der Waals surface area contributed by atoms with Crippen LogP contribution in [0.5, 0.6) is 0 Å². The lowest BCUT2D eigenvalue weighted by Crippen LogP contribution is -2.06.